The lowest BCUT2D eigenvalue weighted by molar-refractivity contribution is 0.216. The Morgan fingerprint density at radius 3 is 2.58 bits per heavy atom. The average Bonchev–Trinajstić information content (AvgIpc) is 2.80. The molecular formula is C25H22IN3O2. The maximum absolute atomic E-state index is 13.2. The zero-order valence-corrected chi connectivity index (χ0v) is 19.5. The minimum atomic E-state index is -0.202. The molecule has 1 heterocycles. The molecule has 0 N–H and O–H groups in total. The predicted molar refractivity (Wildman–Crippen MR) is 134 cm³/mol. The van der Waals surface area contributed by atoms with Gasteiger partial charge in [-0.1, -0.05) is 49.4 Å². The molecule has 0 aliphatic carbocycles. The summed E-state index contributed by atoms with van der Waals surface area (Å²) in [4.78, 5) is 17.9. The Kier molecular flexibility index (Phi) is 6.46. The number of benzene rings is 3. The van der Waals surface area contributed by atoms with Crippen LogP contribution < -0.4 is 10.3 Å². The molecule has 0 bridgehead atoms. The number of rotatable bonds is 6. The molecule has 0 saturated heterocycles. The fourth-order valence-corrected chi connectivity index (χ4v) is 3.79. The SMILES string of the molecule is CC[C@@H](C)Oc1ccc(C=Nn2c(-c3ccccc3)nc3ccccc3c2=O)cc1I. The van der Waals surface area contributed by atoms with Crippen LogP contribution in [0.2, 0.25) is 0 Å². The lowest BCUT2D eigenvalue weighted by atomic mass is 10.2. The number of hydrogen-bond acceptors (Lipinski definition) is 4. The second-order valence-corrected chi connectivity index (χ2v) is 8.37. The summed E-state index contributed by atoms with van der Waals surface area (Å²) in [7, 11) is 0. The Morgan fingerprint density at radius 1 is 1.10 bits per heavy atom. The predicted octanol–water partition coefficient (Wildman–Crippen LogP) is 5.73. The van der Waals surface area contributed by atoms with Gasteiger partial charge >= 0.3 is 0 Å². The van der Waals surface area contributed by atoms with E-state index in [4.69, 9.17) is 9.72 Å². The molecule has 0 fully saturated rings. The summed E-state index contributed by atoms with van der Waals surface area (Å²) in [5.41, 5.74) is 2.15. The quantitative estimate of drug-likeness (QED) is 0.240. The van der Waals surface area contributed by atoms with E-state index in [0.717, 1.165) is 26.9 Å². The van der Waals surface area contributed by atoms with Crippen molar-refractivity contribution in [3.05, 3.63) is 92.3 Å². The van der Waals surface area contributed by atoms with Gasteiger partial charge in [0.05, 0.1) is 26.8 Å². The average molecular weight is 523 g/mol. The van der Waals surface area contributed by atoms with Crippen molar-refractivity contribution in [2.24, 2.45) is 5.10 Å². The first-order valence-corrected chi connectivity index (χ1v) is 11.2. The van der Waals surface area contributed by atoms with E-state index in [-0.39, 0.29) is 11.7 Å². The van der Waals surface area contributed by atoms with Gasteiger partial charge in [-0.25, -0.2) is 4.98 Å². The van der Waals surface area contributed by atoms with Crippen molar-refractivity contribution < 1.29 is 4.74 Å². The fraction of sp³-hybridized carbons (Fsp3) is 0.160. The maximum Gasteiger partial charge on any atom is 0.282 e. The summed E-state index contributed by atoms with van der Waals surface area (Å²) in [5, 5.41) is 5.06. The van der Waals surface area contributed by atoms with E-state index in [1.165, 1.54) is 4.68 Å². The van der Waals surface area contributed by atoms with Crippen LogP contribution in [0.25, 0.3) is 22.3 Å². The molecule has 0 spiro atoms. The first-order chi connectivity index (χ1) is 15.1. The third kappa shape index (κ3) is 4.69. The summed E-state index contributed by atoms with van der Waals surface area (Å²) in [5.74, 6) is 1.36. The number of aromatic nitrogens is 2. The van der Waals surface area contributed by atoms with Crippen molar-refractivity contribution in [3.63, 3.8) is 0 Å². The zero-order valence-electron chi connectivity index (χ0n) is 17.3. The highest BCUT2D eigenvalue weighted by molar-refractivity contribution is 14.1. The summed E-state index contributed by atoms with van der Waals surface area (Å²) >= 11 is 2.26. The molecule has 1 atom stereocenters. The first kappa shape index (κ1) is 21.2. The molecule has 0 radical (unpaired) electrons. The third-order valence-electron chi connectivity index (χ3n) is 4.97. The van der Waals surface area contributed by atoms with E-state index >= 15 is 0 Å². The number of fused-ring (bicyclic) bond motifs is 1. The van der Waals surface area contributed by atoms with E-state index in [1.807, 2.05) is 66.7 Å². The largest absolute Gasteiger partial charge is 0.490 e. The maximum atomic E-state index is 13.2. The van der Waals surface area contributed by atoms with Crippen molar-refractivity contribution in [2.75, 3.05) is 0 Å². The van der Waals surface area contributed by atoms with Gasteiger partial charge in [-0.3, -0.25) is 4.79 Å². The molecule has 3 aromatic carbocycles. The van der Waals surface area contributed by atoms with Gasteiger partial charge in [-0.2, -0.15) is 9.78 Å². The monoisotopic (exact) mass is 523 g/mol. The normalized spacial score (nSPS) is 12.4. The molecule has 4 aromatic rings. The number of para-hydroxylation sites is 1. The third-order valence-corrected chi connectivity index (χ3v) is 5.81. The van der Waals surface area contributed by atoms with Crippen LogP contribution >= 0.6 is 22.6 Å². The van der Waals surface area contributed by atoms with Crippen LogP contribution in [-0.2, 0) is 0 Å². The highest BCUT2D eigenvalue weighted by atomic mass is 127. The minimum absolute atomic E-state index is 0.156. The number of hydrogen-bond donors (Lipinski definition) is 0. The van der Waals surface area contributed by atoms with Crippen molar-refractivity contribution in [3.8, 4) is 17.1 Å². The topological polar surface area (TPSA) is 56.5 Å². The lowest BCUT2D eigenvalue weighted by Gasteiger charge is -2.14. The van der Waals surface area contributed by atoms with Crippen LogP contribution in [0.1, 0.15) is 25.8 Å². The van der Waals surface area contributed by atoms with E-state index in [1.54, 1.807) is 12.3 Å². The number of halogens is 1. The van der Waals surface area contributed by atoms with Gasteiger partial charge in [0.25, 0.3) is 5.56 Å². The highest BCUT2D eigenvalue weighted by Gasteiger charge is 2.12. The molecule has 0 saturated carbocycles. The number of ether oxygens (including phenoxy) is 1. The van der Waals surface area contributed by atoms with E-state index in [9.17, 15) is 4.79 Å². The van der Waals surface area contributed by atoms with Gasteiger partial charge in [0.1, 0.15) is 5.75 Å². The second-order valence-electron chi connectivity index (χ2n) is 7.21. The Hall–Kier alpha value is -3.00. The van der Waals surface area contributed by atoms with Gasteiger partial charge in [0.2, 0.25) is 0 Å². The Morgan fingerprint density at radius 2 is 1.84 bits per heavy atom. The molecular weight excluding hydrogens is 501 g/mol. The molecule has 0 unspecified atom stereocenters. The summed E-state index contributed by atoms with van der Waals surface area (Å²) in [6, 6.07) is 22.8. The molecule has 156 valence electrons. The van der Waals surface area contributed by atoms with E-state index in [2.05, 4.69) is 41.5 Å². The minimum Gasteiger partial charge on any atom is -0.490 e. The van der Waals surface area contributed by atoms with Crippen LogP contribution in [0.3, 0.4) is 0 Å². The number of nitrogens with zero attached hydrogens (tertiary/aromatic N) is 3. The van der Waals surface area contributed by atoms with Gasteiger partial charge in [-0.05, 0) is 71.8 Å². The molecule has 0 aliphatic rings. The van der Waals surface area contributed by atoms with Gasteiger partial charge in [-0.15, -0.1) is 0 Å². The summed E-state index contributed by atoms with van der Waals surface area (Å²) < 4.78 is 8.30. The lowest BCUT2D eigenvalue weighted by Crippen LogP contribution is -2.20. The van der Waals surface area contributed by atoms with E-state index in [0.29, 0.717) is 16.7 Å². The van der Waals surface area contributed by atoms with Crippen LogP contribution in [-0.4, -0.2) is 22.0 Å². The van der Waals surface area contributed by atoms with Crippen LogP contribution in [0.4, 0.5) is 0 Å². The summed E-state index contributed by atoms with van der Waals surface area (Å²) in [6.45, 7) is 4.15. The van der Waals surface area contributed by atoms with Crippen LogP contribution in [0.15, 0.2) is 82.7 Å². The van der Waals surface area contributed by atoms with Crippen molar-refractivity contribution >= 4 is 39.7 Å². The van der Waals surface area contributed by atoms with Gasteiger partial charge in [0, 0.05) is 5.56 Å². The Balaban J connectivity index is 1.77. The molecule has 4 rings (SSSR count). The van der Waals surface area contributed by atoms with Crippen molar-refractivity contribution in [1.82, 2.24) is 9.66 Å². The second kappa shape index (κ2) is 9.43. The standard InChI is InChI=1S/C25H22IN3O2/c1-3-17(2)31-23-14-13-18(15-21(23)26)16-27-29-24(19-9-5-4-6-10-19)28-22-12-8-7-11-20(22)25(29)30/h4-17H,3H2,1-2H3/t17-/m1/s1. The van der Waals surface area contributed by atoms with Crippen molar-refractivity contribution in [2.45, 2.75) is 26.4 Å². The Bertz CT molecular complexity index is 1300. The Labute approximate surface area is 194 Å². The molecule has 0 amide bonds. The molecule has 5 nitrogen and oxygen atoms in total. The summed E-state index contributed by atoms with van der Waals surface area (Å²) in [6.07, 6.45) is 2.78. The van der Waals surface area contributed by atoms with Crippen molar-refractivity contribution in [1.29, 1.82) is 0 Å². The van der Waals surface area contributed by atoms with Crippen LogP contribution in [0.5, 0.6) is 5.75 Å². The molecule has 0 aliphatic heterocycles. The zero-order chi connectivity index (χ0) is 21.8. The van der Waals surface area contributed by atoms with Gasteiger partial charge < -0.3 is 4.74 Å². The molecule has 31 heavy (non-hydrogen) atoms. The van der Waals surface area contributed by atoms with Gasteiger partial charge in [0.15, 0.2) is 5.82 Å². The smallest absolute Gasteiger partial charge is 0.282 e. The first-order valence-electron chi connectivity index (χ1n) is 10.1. The highest BCUT2D eigenvalue weighted by Crippen LogP contribution is 2.23. The molecule has 1 aromatic heterocycles. The van der Waals surface area contributed by atoms with E-state index < -0.39 is 0 Å². The van der Waals surface area contributed by atoms with Crippen LogP contribution in [0, 0.1) is 3.57 Å². The fourth-order valence-electron chi connectivity index (χ4n) is 3.12. The molecule has 6 heteroatoms.